The lowest BCUT2D eigenvalue weighted by atomic mass is 9.84. The molecule has 0 bridgehead atoms. The molecule has 1 aliphatic heterocycles. The minimum atomic E-state index is -1.44. The van der Waals surface area contributed by atoms with Crippen LogP contribution in [0.15, 0.2) is 60.2 Å². The summed E-state index contributed by atoms with van der Waals surface area (Å²) in [6.07, 6.45) is 0. The van der Waals surface area contributed by atoms with Gasteiger partial charge in [-0.2, -0.15) is 0 Å². The molecule has 2 aromatic rings. The molecule has 0 spiro atoms. The van der Waals surface area contributed by atoms with Crippen molar-refractivity contribution in [1.82, 2.24) is 0 Å². The van der Waals surface area contributed by atoms with Crippen LogP contribution in [0.25, 0.3) is 5.57 Å². The maximum Gasteiger partial charge on any atom is 0.337 e. The molecule has 1 N–H and O–H groups in total. The summed E-state index contributed by atoms with van der Waals surface area (Å²) in [6, 6.07) is 16.5. The molecule has 0 amide bonds. The van der Waals surface area contributed by atoms with E-state index in [0.717, 1.165) is 5.56 Å². The number of rotatable bonds is 3. The van der Waals surface area contributed by atoms with Gasteiger partial charge in [0.05, 0.1) is 12.7 Å². The van der Waals surface area contributed by atoms with Gasteiger partial charge in [0, 0.05) is 0 Å². The zero-order valence-electron chi connectivity index (χ0n) is 13.1. The second-order valence-electron chi connectivity index (χ2n) is 5.53. The summed E-state index contributed by atoms with van der Waals surface area (Å²) in [6.45, 7) is 1.73. The number of cyclic esters (lactones) is 1. The quantitative estimate of drug-likeness (QED) is 0.699. The van der Waals surface area contributed by atoms with Crippen LogP contribution in [0.5, 0.6) is 5.75 Å². The highest BCUT2D eigenvalue weighted by molar-refractivity contribution is 6.01. The van der Waals surface area contributed by atoms with Crippen molar-refractivity contribution in [2.24, 2.45) is 0 Å². The van der Waals surface area contributed by atoms with Gasteiger partial charge >= 0.3 is 5.97 Å². The molecule has 3 rings (SSSR count). The van der Waals surface area contributed by atoms with Crippen LogP contribution >= 0.6 is 0 Å². The number of methoxy groups -OCH3 is 1. The predicted molar refractivity (Wildman–Crippen MR) is 86.9 cm³/mol. The first-order valence-corrected chi connectivity index (χ1v) is 7.37. The van der Waals surface area contributed by atoms with Crippen LogP contribution in [-0.4, -0.2) is 24.8 Å². The molecule has 1 unspecified atom stereocenters. The lowest BCUT2D eigenvalue weighted by molar-refractivity contribution is -0.135. The zero-order valence-corrected chi connectivity index (χ0v) is 13.1. The van der Waals surface area contributed by atoms with Gasteiger partial charge in [-0.15, -0.1) is 0 Å². The van der Waals surface area contributed by atoms with Gasteiger partial charge in [0.2, 0.25) is 0 Å². The number of hydrogen-bond acceptors (Lipinski definition) is 4. The smallest absolute Gasteiger partial charge is 0.337 e. The first-order valence-electron chi connectivity index (χ1n) is 7.37. The van der Waals surface area contributed by atoms with Gasteiger partial charge < -0.3 is 14.6 Å². The van der Waals surface area contributed by atoms with E-state index in [4.69, 9.17) is 9.47 Å². The fourth-order valence-electron chi connectivity index (χ4n) is 2.89. The molecule has 1 saturated heterocycles. The molecule has 1 atom stereocenters. The molecule has 118 valence electrons. The van der Waals surface area contributed by atoms with Crippen molar-refractivity contribution in [2.75, 3.05) is 13.7 Å². The summed E-state index contributed by atoms with van der Waals surface area (Å²) >= 11 is 0. The number of ether oxygens (including phenoxy) is 2. The average Bonchev–Trinajstić information content (AvgIpc) is 2.91. The first kappa shape index (κ1) is 15.3. The molecule has 4 heteroatoms. The van der Waals surface area contributed by atoms with E-state index in [2.05, 4.69) is 0 Å². The van der Waals surface area contributed by atoms with Crippen molar-refractivity contribution in [1.29, 1.82) is 0 Å². The van der Waals surface area contributed by atoms with Crippen molar-refractivity contribution >= 4 is 11.5 Å². The van der Waals surface area contributed by atoms with Crippen LogP contribution in [0.1, 0.15) is 18.1 Å². The second kappa shape index (κ2) is 5.89. The Balaban J connectivity index is 2.15. The van der Waals surface area contributed by atoms with Crippen molar-refractivity contribution < 1.29 is 19.4 Å². The highest BCUT2D eigenvalue weighted by Crippen LogP contribution is 2.40. The van der Waals surface area contributed by atoms with Gasteiger partial charge in [-0.05, 0) is 35.8 Å². The van der Waals surface area contributed by atoms with Crippen molar-refractivity contribution in [3.05, 3.63) is 71.3 Å². The summed E-state index contributed by atoms with van der Waals surface area (Å²) in [5.74, 6) is 0.203. The normalized spacial score (nSPS) is 22.7. The maximum atomic E-state index is 12.3. The van der Waals surface area contributed by atoms with Gasteiger partial charge in [-0.25, -0.2) is 4.79 Å². The number of carbonyl (C=O) groups is 1. The number of carbonyl (C=O) groups excluding carboxylic acids is 1. The molecule has 0 aromatic heterocycles. The van der Waals surface area contributed by atoms with Crippen LogP contribution in [0.4, 0.5) is 0 Å². The highest BCUT2D eigenvalue weighted by atomic mass is 16.6. The van der Waals surface area contributed by atoms with Crippen LogP contribution in [0, 0.1) is 0 Å². The molecular formula is C19H18O4. The van der Waals surface area contributed by atoms with Gasteiger partial charge in [0.15, 0.2) is 5.60 Å². The molecule has 1 fully saturated rings. The van der Waals surface area contributed by atoms with E-state index >= 15 is 0 Å². The summed E-state index contributed by atoms with van der Waals surface area (Å²) in [5, 5.41) is 11.1. The second-order valence-corrected chi connectivity index (χ2v) is 5.53. The number of esters is 1. The minimum absolute atomic E-state index is 0.0769. The summed E-state index contributed by atoms with van der Waals surface area (Å²) < 4.78 is 10.4. The van der Waals surface area contributed by atoms with Crippen molar-refractivity contribution in [3.8, 4) is 5.75 Å². The lowest BCUT2D eigenvalue weighted by Crippen LogP contribution is -2.29. The Labute approximate surface area is 135 Å². The van der Waals surface area contributed by atoms with E-state index in [9.17, 15) is 9.90 Å². The third-order valence-corrected chi connectivity index (χ3v) is 4.16. The third kappa shape index (κ3) is 2.62. The fourth-order valence-corrected chi connectivity index (χ4v) is 2.89. The Hall–Kier alpha value is -2.59. The topological polar surface area (TPSA) is 55.8 Å². The van der Waals surface area contributed by atoms with Crippen LogP contribution in [0.3, 0.4) is 0 Å². The number of aliphatic hydroxyl groups is 1. The van der Waals surface area contributed by atoms with Gasteiger partial charge in [0.25, 0.3) is 0 Å². The number of allylic oxidation sites excluding steroid dienone is 1. The van der Waals surface area contributed by atoms with Crippen LogP contribution in [-0.2, 0) is 15.1 Å². The Kier molecular flexibility index (Phi) is 3.92. The molecule has 23 heavy (non-hydrogen) atoms. The van der Waals surface area contributed by atoms with Gasteiger partial charge in [-0.1, -0.05) is 42.5 Å². The molecule has 2 aromatic carbocycles. The lowest BCUT2D eigenvalue weighted by Gasteiger charge is -2.23. The van der Waals surface area contributed by atoms with E-state index in [0.29, 0.717) is 16.9 Å². The summed E-state index contributed by atoms with van der Waals surface area (Å²) in [4.78, 5) is 12.3. The predicted octanol–water partition coefficient (Wildman–Crippen LogP) is 2.91. The Morgan fingerprint density at radius 3 is 2.61 bits per heavy atom. The third-order valence-electron chi connectivity index (χ3n) is 4.16. The first-order chi connectivity index (χ1) is 11.1. The van der Waals surface area contributed by atoms with E-state index < -0.39 is 11.6 Å². The van der Waals surface area contributed by atoms with E-state index in [-0.39, 0.29) is 12.2 Å². The van der Waals surface area contributed by atoms with Crippen molar-refractivity contribution in [3.63, 3.8) is 0 Å². The van der Waals surface area contributed by atoms with E-state index in [1.807, 2.05) is 49.4 Å². The zero-order chi connectivity index (χ0) is 16.4. The molecule has 0 aliphatic carbocycles. The van der Waals surface area contributed by atoms with Crippen molar-refractivity contribution in [2.45, 2.75) is 12.5 Å². The molecular weight excluding hydrogens is 292 g/mol. The molecule has 1 aliphatic rings. The SMILES string of the molecule is COc1cccc(/C(C)=C2/C(=O)OCC2(O)c2ccccc2)c1. The van der Waals surface area contributed by atoms with E-state index in [1.165, 1.54) is 0 Å². The number of benzene rings is 2. The van der Waals surface area contributed by atoms with E-state index in [1.54, 1.807) is 19.2 Å². The van der Waals surface area contributed by atoms with Crippen LogP contribution in [0.2, 0.25) is 0 Å². The summed E-state index contributed by atoms with van der Waals surface area (Å²) in [7, 11) is 1.59. The maximum absolute atomic E-state index is 12.3. The minimum Gasteiger partial charge on any atom is -0.497 e. The van der Waals surface area contributed by atoms with Gasteiger partial charge in [-0.3, -0.25) is 0 Å². The average molecular weight is 310 g/mol. The van der Waals surface area contributed by atoms with Crippen LogP contribution < -0.4 is 4.74 Å². The standard InChI is InChI=1S/C19H18O4/c1-13(14-7-6-10-16(11-14)22-2)17-18(20)23-12-19(17,21)15-8-4-3-5-9-15/h3-11,21H,12H2,1-2H3/b17-13-. The summed E-state index contributed by atoms with van der Waals surface area (Å²) in [5.41, 5.74) is 0.969. The largest absolute Gasteiger partial charge is 0.497 e. The molecule has 4 nitrogen and oxygen atoms in total. The molecule has 0 radical (unpaired) electrons. The number of hydrogen-bond donors (Lipinski definition) is 1. The highest BCUT2D eigenvalue weighted by Gasteiger charge is 2.46. The fraction of sp³-hybridized carbons (Fsp3) is 0.211. The molecule has 1 heterocycles. The Bertz CT molecular complexity index is 764. The Morgan fingerprint density at radius 1 is 1.17 bits per heavy atom. The van der Waals surface area contributed by atoms with Gasteiger partial charge in [0.1, 0.15) is 12.4 Å². The Morgan fingerprint density at radius 2 is 1.91 bits per heavy atom. The molecule has 0 saturated carbocycles. The monoisotopic (exact) mass is 310 g/mol.